The van der Waals surface area contributed by atoms with E-state index in [1.165, 1.54) is 12.3 Å². The van der Waals surface area contributed by atoms with Gasteiger partial charge in [0.2, 0.25) is 0 Å². The molecule has 31 heavy (non-hydrogen) atoms. The summed E-state index contributed by atoms with van der Waals surface area (Å²) >= 11 is 0. The lowest BCUT2D eigenvalue weighted by Crippen LogP contribution is -2.30. The van der Waals surface area contributed by atoms with Gasteiger partial charge in [-0.15, -0.1) is 0 Å². The lowest BCUT2D eigenvalue weighted by Gasteiger charge is -2.22. The molecule has 0 bridgehead atoms. The van der Waals surface area contributed by atoms with Crippen molar-refractivity contribution in [2.75, 3.05) is 6.54 Å². The van der Waals surface area contributed by atoms with Crippen molar-refractivity contribution in [3.8, 4) is 11.3 Å². The van der Waals surface area contributed by atoms with Crippen LogP contribution in [0, 0.1) is 6.92 Å². The van der Waals surface area contributed by atoms with Gasteiger partial charge in [-0.05, 0) is 25.8 Å². The van der Waals surface area contributed by atoms with Gasteiger partial charge in [-0.1, -0.05) is 35.5 Å². The lowest BCUT2D eigenvalue weighted by atomic mass is 10.1. The average Bonchev–Trinajstić information content (AvgIpc) is 3.52. The number of carbonyl (C=O) groups is 1. The highest BCUT2D eigenvalue weighted by atomic mass is 19.3. The summed E-state index contributed by atoms with van der Waals surface area (Å²) < 4.78 is 33.8. The first-order chi connectivity index (χ1) is 15.0. The summed E-state index contributed by atoms with van der Waals surface area (Å²) in [5.74, 6) is 0.358. The van der Waals surface area contributed by atoms with Gasteiger partial charge in [-0.2, -0.15) is 5.10 Å². The van der Waals surface area contributed by atoms with E-state index in [2.05, 4.69) is 15.2 Å². The van der Waals surface area contributed by atoms with E-state index >= 15 is 0 Å². The Morgan fingerprint density at radius 1 is 1.23 bits per heavy atom. The summed E-state index contributed by atoms with van der Waals surface area (Å²) in [6.45, 7) is 2.33. The first-order valence-electron chi connectivity index (χ1n) is 9.99. The summed E-state index contributed by atoms with van der Waals surface area (Å²) in [7, 11) is 0. The van der Waals surface area contributed by atoms with Gasteiger partial charge in [-0.3, -0.25) is 4.79 Å². The summed E-state index contributed by atoms with van der Waals surface area (Å²) in [6, 6.07) is 11.9. The SMILES string of the molecule is Cc1cc([C@@H]2CCCN2C(=O)c2cnn3c(C(F)F)cc(-c4ccccc4)nc23)no1. The number of carbonyl (C=O) groups excluding carboxylic acids is 1. The number of fused-ring (bicyclic) bond motifs is 1. The number of rotatable bonds is 4. The zero-order valence-electron chi connectivity index (χ0n) is 16.7. The molecule has 4 aromatic rings. The lowest BCUT2D eigenvalue weighted by molar-refractivity contribution is 0.0732. The molecule has 1 aromatic carbocycles. The number of benzene rings is 1. The minimum absolute atomic E-state index is 0.114. The molecule has 1 aliphatic heterocycles. The van der Waals surface area contributed by atoms with Gasteiger partial charge < -0.3 is 9.42 Å². The molecule has 4 heterocycles. The maximum absolute atomic E-state index is 13.8. The number of hydrogen-bond acceptors (Lipinski definition) is 5. The van der Waals surface area contributed by atoms with Gasteiger partial charge in [0.25, 0.3) is 12.3 Å². The van der Waals surface area contributed by atoms with Crippen LogP contribution in [0.5, 0.6) is 0 Å². The standard InChI is InChI=1S/C22H19F2N5O2/c1-13-10-17(27-31-13)18-8-5-9-28(18)22(30)15-12-25-29-19(20(23)24)11-16(26-21(15)29)14-6-3-2-4-7-14/h2-4,6-7,10-12,18,20H,5,8-9H2,1H3/t18-/m0/s1. The second kappa shape index (κ2) is 7.57. The van der Waals surface area contributed by atoms with E-state index < -0.39 is 6.43 Å². The van der Waals surface area contributed by atoms with E-state index in [1.807, 2.05) is 12.1 Å². The van der Waals surface area contributed by atoms with E-state index in [9.17, 15) is 13.6 Å². The molecule has 1 aliphatic rings. The molecule has 1 saturated heterocycles. The Hall–Kier alpha value is -3.62. The Morgan fingerprint density at radius 3 is 2.74 bits per heavy atom. The third kappa shape index (κ3) is 3.35. The fourth-order valence-electron chi connectivity index (χ4n) is 4.06. The van der Waals surface area contributed by atoms with Crippen molar-refractivity contribution < 1.29 is 18.1 Å². The van der Waals surface area contributed by atoms with Crippen LogP contribution in [0.2, 0.25) is 0 Å². The van der Waals surface area contributed by atoms with Crippen molar-refractivity contribution in [1.29, 1.82) is 0 Å². The smallest absolute Gasteiger partial charge is 0.280 e. The molecule has 0 aliphatic carbocycles. The zero-order valence-corrected chi connectivity index (χ0v) is 16.7. The average molecular weight is 423 g/mol. The van der Waals surface area contributed by atoms with Crippen molar-refractivity contribution in [2.24, 2.45) is 0 Å². The molecule has 158 valence electrons. The molecular weight excluding hydrogens is 404 g/mol. The quantitative estimate of drug-likeness (QED) is 0.479. The minimum Gasteiger partial charge on any atom is -0.361 e. The van der Waals surface area contributed by atoms with E-state index in [4.69, 9.17) is 4.52 Å². The molecule has 0 spiro atoms. The Labute approximate surface area is 176 Å². The van der Waals surface area contributed by atoms with E-state index in [1.54, 1.807) is 36.1 Å². The van der Waals surface area contributed by atoms with E-state index in [0.717, 1.165) is 17.4 Å². The number of hydrogen-bond donors (Lipinski definition) is 0. The highest BCUT2D eigenvalue weighted by molar-refractivity contribution is 6.00. The van der Waals surface area contributed by atoms with Crippen LogP contribution >= 0.6 is 0 Å². The van der Waals surface area contributed by atoms with E-state index in [0.29, 0.717) is 29.3 Å². The number of aryl methyl sites for hydroxylation is 1. The second-order valence-corrected chi connectivity index (χ2v) is 7.55. The predicted octanol–water partition coefficient (Wildman–Crippen LogP) is 4.61. The van der Waals surface area contributed by atoms with E-state index in [-0.39, 0.29) is 28.9 Å². The second-order valence-electron chi connectivity index (χ2n) is 7.55. The molecule has 0 N–H and O–H groups in total. The summed E-state index contributed by atoms with van der Waals surface area (Å²) in [5, 5.41) is 8.12. The van der Waals surface area contributed by atoms with Crippen LogP contribution < -0.4 is 0 Å². The highest BCUT2D eigenvalue weighted by Crippen LogP contribution is 2.34. The number of halogens is 2. The molecule has 0 radical (unpaired) electrons. The van der Waals surface area contributed by atoms with Crippen LogP contribution in [0.1, 0.15) is 52.8 Å². The Balaban J connectivity index is 1.60. The van der Waals surface area contributed by atoms with Crippen molar-refractivity contribution in [3.05, 3.63) is 71.4 Å². The number of amides is 1. The van der Waals surface area contributed by atoms with Gasteiger partial charge >= 0.3 is 0 Å². The molecule has 1 atom stereocenters. The highest BCUT2D eigenvalue weighted by Gasteiger charge is 2.34. The third-order valence-electron chi connectivity index (χ3n) is 5.52. The van der Waals surface area contributed by atoms with Crippen molar-refractivity contribution in [3.63, 3.8) is 0 Å². The van der Waals surface area contributed by atoms with Crippen LogP contribution in [0.3, 0.4) is 0 Å². The first-order valence-corrected chi connectivity index (χ1v) is 9.99. The minimum atomic E-state index is -2.77. The number of likely N-dealkylation sites (tertiary alicyclic amines) is 1. The van der Waals surface area contributed by atoms with Crippen LogP contribution in [-0.4, -0.2) is 37.1 Å². The third-order valence-corrected chi connectivity index (χ3v) is 5.52. The molecule has 0 unspecified atom stereocenters. The van der Waals surface area contributed by atoms with Gasteiger partial charge in [0.05, 0.1) is 17.9 Å². The maximum Gasteiger partial charge on any atom is 0.280 e. The Morgan fingerprint density at radius 2 is 2.03 bits per heavy atom. The van der Waals surface area contributed by atoms with Crippen molar-refractivity contribution in [1.82, 2.24) is 24.7 Å². The molecule has 0 saturated carbocycles. The van der Waals surface area contributed by atoms with Gasteiger partial charge in [0.15, 0.2) is 5.65 Å². The summed E-state index contributed by atoms with van der Waals surface area (Å²) in [6.07, 6.45) is 0.108. The van der Waals surface area contributed by atoms with Crippen LogP contribution in [0.15, 0.2) is 53.2 Å². The summed E-state index contributed by atoms with van der Waals surface area (Å²) in [4.78, 5) is 19.6. The van der Waals surface area contributed by atoms with Crippen molar-refractivity contribution in [2.45, 2.75) is 32.2 Å². The largest absolute Gasteiger partial charge is 0.361 e. The fourth-order valence-corrected chi connectivity index (χ4v) is 4.06. The topological polar surface area (TPSA) is 76.5 Å². The van der Waals surface area contributed by atoms with Crippen LogP contribution in [-0.2, 0) is 0 Å². The zero-order chi connectivity index (χ0) is 21.5. The Kier molecular flexibility index (Phi) is 4.72. The molecule has 9 heteroatoms. The number of aromatic nitrogens is 4. The molecule has 1 fully saturated rings. The number of alkyl halides is 2. The monoisotopic (exact) mass is 423 g/mol. The molecule has 7 nitrogen and oxygen atoms in total. The molecular formula is C22H19F2N5O2. The molecule has 5 rings (SSSR count). The fraction of sp³-hybridized carbons (Fsp3) is 0.273. The maximum atomic E-state index is 13.8. The van der Waals surface area contributed by atoms with Gasteiger partial charge in [-0.25, -0.2) is 18.3 Å². The molecule has 3 aromatic heterocycles. The first kappa shape index (κ1) is 19.3. The van der Waals surface area contributed by atoms with Crippen LogP contribution in [0.4, 0.5) is 8.78 Å². The van der Waals surface area contributed by atoms with Gasteiger partial charge in [0, 0.05) is 18.2 Å². The Bertz CT molecular complexity index is 1250. The molecule has 1 amide bonds. The van der Waals surface area contributed by atoms with Crippen LogP contribution in [0.25, 0.3) is 16.9 Å². The predicted molar refractivity (Wildman–Crippen MR) is 108 cm³/mol. The van der Waals surface area contributed by atoms with Crippen molar-refractivity contribution >= 4 is 11.6 Å². The van der Waals surface area contributed by atoms with Gasteiger partial charge in [0.1, 0.15) is 22.7 Å². The summed E-state index contributed by atoms with van der Waals surface area (Å²) in [5.41, 5.74) is 1.72. The number of nitrogens with zero attached hydrogens (tertiary/aromatic N) is 5. The normalized spacial score (nSPS) is 16.5.